The molecule has 0 saturated carbocycles. The van der Waals surface area contributed by atoms with Crippen LogP contribution in [0.3, 0.4) is 0 Å². The number of hydrogen-bond donors (Lipinski definition) is 1. The Balaban J connectivity index is 1.35. The molecule has 7 nitrogen and oxygen atoms in total. The quantitative estimate of drug-likeness (QED) is 0.722. The van der Waals surface area contributed by atoms with E-state index in [-0.39, 0.29) is 16.7 Å². The van der Waals surface area contributed by atoms with Gasteiger partial charge in [-0.15, -0.1) is 0 Å². The summed E-state index contributed by atoms with van der Waals surface area (Å²) < 4.78 is 32.2. The molecule has 0 aromatic heterocycles. The van der Waals surface area contributed by atoms with Gasteiger partial charge >= 0.3 is 0 Å². The molecular formula is C24H31N3O4S. The second kappa shape index (κ2) is 10.1. The van der Waals surface area contributed by atoms with Gasteiger partial charge in [0.05, 0.1) is 24.0 Å². The fourth-order valence-electron chi connectivity index (χ4n) is 4.33. The van der Waals surface area contributed by atoms with Gasteiger partial charge in [-0.3, -0.25) is 9.69 Å². The molecular weight excluding hydrogens is 426 g/mol. The van der Waals surface area contributed by atoms with Crippen molar-refractivity contribution in [1.82, 2.24) is 9.21 Å². The van der Waals surface area contributed by atoms with Crippen LogP contribution in [0.1, 0.15) is 24.0 Å². The predicted molar refractivity (Wildman–Crippen MR) is 124 cm³/mol. The van der Waals surface area contributed by atoms with E-state index in [0.717, 1.165) is 32.5 Å². The van der Waals surface area contributed by atoms with Crippen molar-refractivity contribution in [3.8, 4) is 0 Å². The zero-order chi connectivity index (χ0) is 22.6. The second-order valence-electron chi connectivity index (χ2n) is 8.53. The third-order valence-corrected chi connectivity index (χ3v) is 8.17. The van der Waals surface area contributed by atoms with E-state index in [0.29, 0.717) is 32.0 Å². The van der Waals surface area contributed by atoms with Gasteiger partial charge in [-0.25, -0.2) is 8.42 Å². The van der Waals surface area contributed by atoms with Crippen molar-refractivity contribution < 1.29 is 17.9 Å². The maximum Gasteiger partial charge on any atom is 0.243 e. The molecule has 2 heterocycles. The molecule has 2 aromatic rings. The third kappa shape index (κ3) is 5.38. The van der Waals surface area contributed by atoms with Gasteiger partial charge in [-0.05, 0) is 61.7 Å². The summed E-state index contributed by atoms with van der Waals surface area (Å²) in [7, 11) is -3.53. The maximum absolute atomic E-state index is 12.9. The normalized spacial score (nSPS) is 20.7. The van der Waals surface area contributed by atoms with Crippen LogP contribution in [0.25, 0.3) is 0 Å². The van der Waals surface area contributed by atoms with Crippen molar-refractivity contribution in [3.05, 3.63) is 59.7 Å². The number of anilines is 1. The van der Waals surface area contributed by atoms with Gasteiger partial charge in [0.15, 0.2) is 0 Å². The molecule has 2 fully saturated rings. The van der Waals surface area contributed by atoms with Crippen LogP contribution in [0.4, 0.5) is 5.69 Å². The van der Waals surface area contributed by atoms with Crippen LogP contribution in [0, 0.1) is 12.8 Å². The molecule has 1 amide bonds. The smallest absolute Gasteiger partial charge is 0.243 e. The van der Waals surface area contributed by atoms with E-state index in [1.807, 2.05) is 6.07 Å². The molecule has 2 saturated heterocycles. The van der Waals surface area contributed by atoms with E-state index in [2.05, 4.69) is 35.3 Å². The van der Waals surface area contributed by atoms with E-state index >= 15 is 0 Å². The first-order chi connectivity index (χ1) is 15.4. The number of rotatable bonds is 6. The second-order valence-corrected chi connectivity index (χ2v) is 10.5. The summed E-state index contributed by atoms with van der Waals surface area (Å²) in [6.07, 6.45) is 1.85. The van der Waals surface area contributed by atoms with Crippen LogP contribution in [-0.4, -0.2) is 62.9 Å². The van der Waals surface area contributed by atoms with Crippen LogP contribution in [0.15, 0.2) is 53.4 Å². The van der Waals surface area contributed by atoms with Crippen molar-refractivity contribution in [2.75, 3.05) is 44.7 Å². The van der Waals surface area contributed by atoms with Crippen LogP contribution in [0.2, 0.25) is 0 Å². The first kappa shape index (κ1) is 22.9. The summed E-state index contributed by atoms with van der Waals surface area (Å²) in [4.78, 5) is 15.5. The Bertz CT molecular complexity index is 1030. The molecule has 1 N–H and O–H groups in total. The summed E-state index contributed by atoms with van der Waals surface area (Å²) >= 11 is 0. The van der Waals surface area contributed by atoms with E-state index in [1.165, 1.54) is 15.4 Å². The number of sulfonamides is 1. The number of ether oxygens (including phenoxy) is 1. The lowest BCUT2D eigenvalue weighted by molar-refractivity contribution is -0.121. The average Bonchev–Trinajstić information content (AvgIpc) is 2.82. The van der Waals surface area contributed by atoms with E-state index in [1.54, 1.807) is 24.3 Å². The number of benzene rings is 2. The van der Waals surface area contributed by atoms with Crippen LogP contribution in [-0.2, 0) is 26.1 Å². The highest BCUT2D eigenvalue weighted by atomic mass is 32.2. The monoisotopic (exact) mass is 457 g/mol. The Labute approximate surface area is 190 Å². The Morgan fingerprint density at radius 3 is 2.50 bits per heavy atom. The molecule has 8 heteroatoms. The van der Waals surface area contributed by atoms with Crippen molar-refractivity contribution in [2.45, 2.75) is 31.2 Å². The molecule has 1 atom stereocenters. The minimum absolute atomic E-state index is 0.0109. The highest BCUT2D eigenvalue weighted by Gasteiger charge is 2.28. The minimum Gasteiger partial charge on any atom is -0.379 e. The fourth-order valence-corrected chi connectivity index (χ4v) is 5.74. The summed E-state index contributed by atoms with van der Waals surface area (Å²) in [6.45, 7) is 6.24. The minimum atomic E-state index is -3.53. The molecule has 0 bridgehead atoms. The number of morpholine rings is 1. The van der Waals surface area contributed by atoms with Gasteiger partial charge in [-0.2, -0.15) is 4.31 Å². The van der Waals surface area contributed by atoms with Gasteiger partial charge < -0.3 is 10.1 Å². The van der Waals surface area contributed by atoms with Gasteiger partial charge in [0.25, 0.3) is 0 Å². The predicted octanol–water partition coefficient (Wildman–Crippen LogP) is 2.87. The lowest BCUT2D eigenvalue weighted by Crippen LogP contribution is -2.40. The van der Waals surface area contributed by atoms with Gasteiger partial charge in [0, 0.05) is 31.9 Å². The highest BCUT2D eigenvalue weighted by molar-refractivity contribution is 7.89. The Morgan fingerprint density at radius 1 is 1.06 bits per heavy atom. The molecule has 0 spiro atoms. The van der Waals surface area contributed by atoms with Crippen LogP contribution in [0.5, 0.6) is 0 Å². The molecule has 1 unspecified atom stereocenters. The Kier molecular flexibility index (Phi) is 7.25. The number of nitrogens with zero attached hydrogens (tertiary/aromatic N) is 2. The van der Waals surface area contributed by atoms with Gasteiger partial charge in [0.1, 0.15) is 0 Å². The van der Waals surface area contributed by atoms with Gasteiger partial charge in [-0.1, -0.05) is 24.3 Å². The molecule has 172 valence electrons. The van der Waals surface area contributed by atoms with Crippen LogP contribution < -0.4 is 5.32 Å². The molecule has 32 heavy (non-hydrogen) atoms. The molecule has 2 aromatic carbocycles. The number of carbonyl (C=O) groups is 1. The summed E-state index contributed by atoms with van der Waals surface area (Å²) in [6, 6.07) is 14.8. The first-order valence-electron chi connectivity index (χ1n) is 11.2. The van der Waals surface area contributed by atoms with E-state index in [4.69, 9.17) is 4.74 Å². The largest absolute Gasteiger partial charge is 0.379 e. The lowest BCUT2D eigenvalue weighted by atomic mass is 9.96. The number of amides is 1. The zero-order valence-corrected chi connectivity index (χ0v) is 19.3. The number of piperidine rings is 1. The standard InChI is InChI=1S/C24H31N3O4S/c1-19-5-2-3-6-20(19)17-26-12-4-7-21(18-26)24(28)25-22-8-10-23(11-9-22)32(29,30)27-13-15-31-16-14-27/h2-3,5-6,8-11,21H,4,7,12-18H2,1H3,(H,25,28). The topological polar surface area (TPSA) is 79.0 Å². The number of carbonyl (C=O) groups excluding carboxylic acids is 1. The average molecular weight is 458 g/mol. The summed E-state index contributed by atoms with van der Waals surface area (Å²) in [5.41, 5.74) is 3.18. The van der Waals surface area contributed by atoms with Crippen molar-refractivity contribution in [2.24, 2.45) is 5.92 Å². The van der Waals surface area contributed by atoms with Crippen molar-refractivity contribution >= 4 is 21.6 Å². The lowest BCUT2D eigenvalue weighted by Gasteiger charge is -2.32. The Morgan fingerprint density at radius 2 is 1.78 bits per heavy atom. The SMILES string of the molecule is Cc1ccccc1CN1CCCC(C(=O)Nc2ccc(S(=O)(=O)N3CCOCC3)cc2)C1. The summed E-state index contributed by atoms with van der Waals surface area (Å²) in [5.74, 6) is -0.0900. The van der Waals surface area contributed by atoms with Crippen LogP contribution >= 0.6 is 0 Å². The number of likely N-dealkylation sites (tertiary alicyclic amines) is 1. The van der Waals surface area contributed by atoms with E-state index < -0.39 is 10.0 Å². The Hall–Kier alpha value is -2.26. The molecule has 2 aliphatic rings. The van der Waals surface area contributed by atoms with Crippen molar-refractivity contribution in [1.29, 1.82) is 0 Å². The third-order valence-electron chi connectivity index (χ3n) is 6.26. The van der Waals surface area contributed by atoms with Crippen molar-refractivity contribution in [3.63, 3.8) is 0 Å². The summed E-state index contributed by atoms with van der Waals surface area (Å²) in [5, 5.41) is 2.97. The molecule has 0 radical (unpaired) electrons. The molecule has 4 rings (SSSR count). The molecule has 0 aliphatic carbocycles. The fraction of sp³-hybridized carbons (Fsp3) is 0.458. The number of aryl methyl sites for hydroxylation is 1. The number of nitrogens with one attached hydrogen (secondary N) is 1. The van der Waals surface area contributed by atoms with Gasteiger partial charge in [0.2, 0.25) is 15.9 Å². The first-order valence-corrected chi connectivity index (χ1v) is 12.6. The number of hydrogen-bond acceptors (Lipinski definition) is 5. The zero-order valence-electron chi connectivity index (χ0n) is 18.5. The maximum atomic E-state index is 12.9. The molecule has 2 aliphatic heterocycles. The van der Waals surface area contributed by atoms with E-state index in [9.17, 15) is 13.2 Å². The highest BCUT2D eigenvalue weighted by Crippen LogP contribution is 2.23.